The van der Waals surface area contributed by atoms with Gasteiger partial charge in [0.2, 0.25) is 5.91 Å². The molecule has 202 valence electrons. The van der Waals surface area contributed by atoms with Gasteiger partial charge in [-0.25, -0.2) is 4.79 Å². The summed E-state index contributed by atoms with van der Waals surface area (Å²) in [6.07, 6.45) is 0.651. The minimum absolute atomic E-state index is 0.00307. The Morgan fingerprint density at radius 3 is 2.19 bits per heavy atom. The molecule has 37 heavy (non-hydrogen) atoms. The minimum Gasteiger partial charge on any atom is -0.508 e. The van der Waals surface area contributed by atoms with Crippen LogP contribution < -0.4 is 15.4 Å². The third-order valence-corrected chi connectivity index (χ3v) is 5.70. The molecule has 9 nitrogen and oxygen atoms in total. The van der Waals surface area contributed by atoms with Crippen LogP contribution in [0.15, 0.2) is 48.5 Å². The van der Waals surface area contributed by atoms with Crippen molar-refractivity contribution in [1.29, 1.82) is 0 Å². The Morgan fingerprint density at radius 2 is 1.68 bits per heavy atom. The van der Waals surface area contributed by atoms with Gasteiger partial charge in [-0.2, -0.15) is 12.6 Å². The number of phenols is 1. The molecule has 2 atom stereocenters. The van der Waals surface area contributed by atoms with Crippen molar-refractivity contribution in [3.63, 3.8) is 0 Å². The van der Waals surface area contributed by atoms with Crippen LogP contribution in [0.25, 0.3) is 0 Å². The number of alkyl carbamates (subject to hydrolysis) is 1. The molecule has 0 saturated carbocycles. The fourth-order valence-electron chi connectivity index (χ4n) is 3.54. The maximum absolute atomic E-state index is 13.8. The first kappa shape index (κ1) is 29.8. The summed E-state index contributed by atoms with van der Waals surface area (Å²) in [7, 11) is 1.55. The van der Waals surface area contributed by atoms with Crippen molar-refractivity contribution in [1.82, 2.24) is 10.2 Å². The van der Waals surface area contributed by atoms with E-state index in [1.54, 1.807) is 64.3 Å². The summed E-state index contributed by atoms with van der Waals surface area (Å²) < 4.78 is 10.5. The number of methoxy groups -OCH3 is 1. The lowest BCUT2D eigenvalue weighted by molar-refractivity contribution is -0.140. The molecule has 0 aliphatic rings. The number of amides is 3. The van der Waals surface area contributed by atoms with E-state index in [9.17, 15) is 19.5 Å². The zero-order valence-electron chi connectivity index (χ0n) is 22.0. The first-order chi connectivity index (χ1) is 17.5. The number of rotatable bonds is 11. The maximum atomic E-state index is 13.8. The largest absolute Gasteiger partial charge is 0.508 e. The van der Waals surface area contributed by atoms with Crippen LogP contribution in [0.2, 0.25) is 0 Å². The van der Waals surface area contributed by atoms with E-state index in [-0.39, 0.29) is 18.0 Å². The lowest BCUT2D eigenvalue weighted by atomic mass is 10.0. The fraction of sp³-hybridized carbons (Fsp3) is 0.444. The first-order valence-corrected chi connectivity index (χ1v) is 12.8. The van der Waals surface area contributed by atoms with Gasteiger partial charge in [0.15, 0.2) is 0 Å². The van der Waals surface area contributed by atoms with E-state index in [1.165, 1.54) is 17.0 Å². The van der Waals surface area contributed by atoms with Crippen LogP contribution >= 0.6 is 12.6 Å². The van der Waals surface area contributed by atoms with Crippen LogP contribution in [0, 0.1) is 0 Å². The number of nitrogens with one attached hydrogen (secondary N) is 2. The molecule has 0 saturated heterocycles. The number of ether oxygens (including phenoxy) is 2. The van der Waals surface area contributed by atoms with Crippen molar-refractivity contribution in [2.45, 2.75) is 58.2 Å². The number of hydrogen-bond donors (Lipinski definition) is 4. The van der Waals surface area contributed by atoms with E-state index in [0.717, 1.165) is 6.42 Å². The normalized spacial score (nSPS) is 12.7. The molecule has 0 bridgehead atoms. The lowest BCUT2D eigenvalue weighted by Crippen LogP contribution is -2.53. The monoisotopic (exact) mass is 531 g/mol. The Hall–Kier alpha value is -3.40. The van der Waals surface area contributed by atoms with Crippen LogP contribution in [-0.2, 0) is 14.3 Å². The molecular weight excluding hydrogens is 494 g/mol. The number of anilines is 1. The Balaban J connectivity index is 2.43. The van der Waals surface area contributed by atoms with Gasteiger partial charge >= 0.3 is 6.09 Å². The summed E-state index contributed by atoms with van der Waals surface area (Å²) in [5, 5.41) is 15.3. The lowest BCUT2D eigenvalue weighted by Gasteiger charge is -2.34. The number of unbranched alkanes of at least 4 members (excludes halogenated alkanes) is 1. The average molecular weight is 532 g/mol. The predicted molar refractivity (Wildman–Crippen MR) is 146 cm³/mol. The van der Waals surface area contributed by atoms with E-state index >= 15 is 0 Å². The van der Waals surface area contributed by atoms with Crippen molar-refractivity contribution in [3.05, 3.63) is 54.1 Å². The highest BCUT2D eigenvalue weighted by molar-refractivity contribution is 7.80. The molecule has 0 aliphatic carbocycles. The van der Waals surface area contributed by atoms with E-state index in [0.29, 0.717) is 23.4 Å². The van der Waals surface area contributed by atoms with Gasteiger partial charge in [0.1, 0.15) is 29.2 Å². The first-order valence-electron chi connectivity index (χ1n) is 12.1. The van der Waals surface area contributed by atoms with Crippen LogP contribution in [-0.4, -0.2) is 59.0 Å². The molecule has 0 heterocycles. The van der Waals surface area contributed by atoms with E-state index in [2.05, 4.69) is 23.3 Å². The van der Waals surface area contributed by atoms with Crippen LogP contribution in [0.1, 0.15) is 52.1 Å². The van der Waals surface area contributed by atoms with Crippen molar-refractivity contribution < 1.29 is 29.0 Å². The number of benzene rings is 2. The zero-order chi connectivity index (χ0) is 27.6. The predicted octanol–water partition coefficient (Wildman–Crippen LogP) is 4.53. The summed E-state index contributed by atoms with van der Waals surface area (Å²) in [6, 6.07) is 10.9. The molecule has 0 fully saturated rings. The number of carbonyl (C=O) groups is 3. The van der Waals surface area contributed by atoms with E-state index in [1.807, 2.05) is 6.92 Å². The van der Waals surface area contributed by atoms with Crippen LogP contribution in [0.5, 0.6) is 11.5 Å². The van der Waals surface area contributed by atoms with E-state index < -0.39 is 35.6 Å². The standard InChI is InChI=1S/C27H37N3O6S/c1-6-7-16-30(25(33)22(17-37)29-26(34)36-27(2,3)4)23(18-8-12-20(31)13-9-18)24(32)28-19-10-14-21(35-5)15-11-19/h8-15,22-23,31,37H,6-7,16-17H2,1-5H3,(H,28,32)(H,29,34). The molecule has 2 rings (SSSR count). The summed E-state index contributed by atoms with van der Waals surface area (Å²) in [6.45, 7) is 7.41. The minimum atomic E-state index is -1.04. The van der Waals surface area contributed by atoms with Gasteiger partial charge < -0.3 is 30.1 Å². The Kier molecular flexibility index (Phi) is 11.1. The van der Waals surface area contributed by atoms with E-state index in [4.69, 9.17) is 9.47 Å². The van der Waals surface area contributed by atoms with Crippen molar-refractivity contribution in [2.24, 2.45) is 0 Å². The number of aromatic hydroxyl groups is 1. The van der Waals surface area contributed by atoms with Gasteiger partial charge in [-0.1, -0.05) is 25.5 Å². The van der Waals surface area contributed by atoms with Gasteiger partial charge in [-0.3, -0.25) is 9.59 Å². The van der Waals surface area contributed by atoms with Gasteiger partial charge in [0.05, 0.1) is 7.11 Å². The SMILES string of the molecule is CCCCN(C(=O)C(CS)NC(=O)OC(C)(C)C)C(C(=O)Nc1ccc(OC)cc1)c1ccc(O)cc1. The highest BCUT2D eigenvalue weighted by atomic mass is 32.1. The second-order valence-electron chi connectivity index (χ2n) is 9.48. The molecule has 0 aromatic heterocycles. The molecule has 0 radical (unpaired) electrons. The van der Waals surface area contributed by atoms with Gasteiger partial charge in [0, 0.05) is 18.0 Å². The summed E-state index contributed by atoms with van der Waals surface area (Å²) in [5.41, 5.74) is 0.279. The number of carbonyl (C=O) groups excluding carboxylic acids is 3. The second-order valence-corrected chi connectivity index (χ2v) is 9.84. The quantitative estimate of drug-likeness (QED) is 0.317. The topological polar surface area (TPSA) is 117 Å². The smallest absolute Gasteiger partial charge is 0.408 e. The maximum Gasteiger partial charge on any atom is 0.408 e. The molecule has 0 aliphatic heterocycles. The molecule has 10 heteroatoms. The molecule has 2 aromatic rings. The average Bonchev–Trinajstić information content (AvgIpc) is 2.84. The fourth-order valence-corrected chi connectivity index (χ4v) is 3.79. The van der Waals surface area contributed by atoms with Crippen molar-refractivity contribution in [3.8, 4) is 11.5 Å². The molecule has 2 aromatic carbocycles. The third kappa shape index (κ3) is 9.20. The number of nitrogens with zero attached hydrogens (tertiary/aromatic N) is 1. The Labute approximate surface area is 223 Å². The third-order valence-electron chi connectivity index (χ3n) is 5.33. The molecule has 0 spiro atoms. The molecule has 2 unspecified atom stereocenters. The van der Waals surface area contributed by atoms with Crippen molar-refractivity contribution >= 4 is 36.2 Å². The molecule has 3 N–H and O–H groups in total. The Bertz CT molecular complexity index is 1040. The van der Waals surface area contributed by atoms with Crippen LogP contribution in [0.3, 0.4) is 0 Å². The Morgan fingerprint density at radius 1 is 1.05 bits per heavy atom. The summed E-state index contributed by atoms with van der Waals surface area (Å²) in [5.74, 6) is -0.252. The summed E-state index contributed by atoms with van der Waals surface area (Å²) in [4.78, 5) is 41.3. The molecule has 3 amide bonds. The molecular formula is C27H37N3O6S. The number of phenolic OH excluding ortho intramolecular Hbond substituents is 1. The zero-order valence-corrected chi connectivity index (χ0v) is 22.9. The van der Waals surface area contributed by atoms with Gasteiger partial charge in [-0.05, 0) is 69.2 Å². The van der Waals surface area contributed by atoms with Crippen molar-refractivity contribution in [2.75, 3.05) is 24.7 Å². The second kappa shape index (κ2) is 13.8. The number of hydrogen-bond acceptors (Lipinski definition) is 7. The van der Waals surface area contributed by atoms with Gasteiger partial charge in [-0.15, -0.1) is 0 Å². The van der Waals surface area contributed by atoms with Crippen LogP contribution in [0.4, 0.5) is 10.5 Å². The van der Waals surface area contributed by atoms with Gasteiger partial charge in [0.25, 0.3) is 5.91 Å². The highest BCUT2D eigenvalue weighted by Crippen LogP contribution is 2.27. The highest BCUT2D eigenvalue weighted by Gasteiger charge is 2.35. The summed E-state index contributed by atoms with van der Waals surface area (Å²) >= 11 is 4.28. The number of thiol groups is 1.